The Bertz CT molecular complexity index is 115. The van der Waals surface area contributed by atoms with E-state index in [4.69, 9.17) is 18.0 Å². The van der Waals surface area contributed by atoms with Crippen molar-refractivity contribution in [3.05, 3.63) is 0 Å². The molecule has 0 radical (unpaired) electrons. The van der Waals surface area contributed by atoms with Gasteiger partial charge in [-0.05, 0) is 25.6 Å². The van der Waals surface area contributed by atoms with Crippen LogP contribution in [-0.2, 0) is 0 Å². The van der Waals surface area contributed by atoms with Crippen LogP contribution < -0.4 is 5.73 Å². The highest BCUT2D eigenvalue weighted by molar-refractivity contribution is 7.80. The van der Waals surface area contributed by atoms with E-state index in [0.717, 1.165) is 13.1 Å². The third kappa shape index (κ3) is 5.01. The largest absolute Gasteiger partial charge is 0.376 e. The van der Waals surface area contributed by atoms with Gasteiger partial charge in [-0.15, -0.1) is 0 Å². The van der Waals surface area contributed by atoms with Gasteiger partial charge in [0.1, 0.15) is 0 Å². The lowest BCUT2D eigenvalue weighted by atomic mass is 10.2. The normalized spacial score (nSPS) is 9.64. The second kappa shape index (κ2) is 6.40. The molecule has 0 aliphatic heterocycles. The van der Waals surface area contributed by atoms with Gasteiger partial charge >= 0.3 is 0 Å². The van der Waals surface area contributed by atoms with Crippen LogP contribution in [0.2, 0.25) is 0 Å². The van der Waals surface area contributed by atoms with Crippen molar-refractivity contribution in [1.82, 2.24) is 4.90 Å². The second-order valence-electron chi connectivity index (χ2n) is 2.63. The van der Waals surface area contributed by atoms with E-state index in [1.54, 1.807) is 0 Å². The molecule has 0 heterocycles. The van der Waals surface area contributed by atoms with Gasteiger partial charge in [0, 0.05) is 13.1 Å². The maximum absolute atomic E-state index is 5.49. The quantitative estimate of drug-likeness (QED) is 0.508. The van der Waals surface area contributed by atoms with Gasteiger partial charge in [-0.2, -0.15) is 0 Å². The van der Waals surface area contributed by atoms with Crippen LogP contribution in [0, 0.1) is 0 Å². The molecule has 0 aliphatic carbocycles. The van der Waals surface area contributed by atoms with Crippen LogP contribution in [0.1, 0.15) is 33.1 Å². The Balaban J connectivity index is 3.44. The molecule has 0 fully saturated rings. The van der Waals surface area contributed by atoms with Crippen molar-refractivity contribution in [3.8, 4) is 0 Å². The molecule has 0 bridgehead atoms. The van der Waals surface area contributed by atoms with Gasteiger partial charge in [-0.25, -0.2) is 0 Å². The number of hydrogen-bond acceptors (Lipinski definition) is 1. The molecule has 0 aliphatic rings. The predicted molar refractivity (Wildman–Crippen MR) is 53.6 cm³/mol. The lowest BCUT2D eigenvalue weighted by molar-refractivity contribution is 0.425. The van der Waals surface area contributed by atoms with E-state index in [2.05, 4.69) is 13.8 Å². The first-order chi connectivity index (χ1) is 5.22. The molecule has 0 aromatic rings. The van der Waals surface area contributed by atoms with Crippen LogP contribution in [0.3, 0.4) is 0 Å². The van der Waals surface area contributed by atoms with E-state index in [0.29, 0.717) is 5.11 Å². The minimum atomic E-state index is 0.531. The van der Waals surface area contributed by atoms with Crippen LogP contribution in [0.25, 0.3) is 0 Å². The monoisotopic (exact) mass is 174 g/mol. The summed E-state index contributed by atoms with van der Waals surface area (Å²) in [5.41, 5.74) is 5.49. The van der Waals surface area contributed by atoms with Crippen LogP contribution in [-0.4, -0.2) is 23.1 Å². The molecule has 3 heteroatoms. The average molecular weight is 174 g/mol. The Morgan fingerprint density at radius 3 is 2.36 bits per heavy atom. The first-order valence-electron chi connectivity index (χ1n) is 4.26. The summed E-state index contributed by atoms with van der Waals surface area (Å²) >= 11 is 4.87. The Labute approximate surface area is 74.8 Å². The third-order valence-electron chi connectivity index (χ3n) is 1.72. The van der Waals surface area contributed by atoms with E-state index < -0.39 is 0 Å². The summed E-state index contributed by atoms with van der Waals surface area (Å²) in [6.45, 7) is 6.21. The standard InChI is InChI=1S/C8H18N2S/c1-3-5-6-7-10(4-2)8(9)11/h3-7H2,1-2H3,(H2,9,11). The molecule has 0 atom stereocenters. The van der Waals surface area contributed by atoms with Gasteiger partial charge in [0.2, 0.25) is 0 Å². The molecule has 0 unspecified atom stereocenters. The highest BCUT2D eigenvalue weighted by Gasteiger charge is 2.00. The number of nitrogens with zero attached hydrogens (tertiary/aromatic N) is 1. The molecule has 0 amide bonds. The molecule has 2 N–H and O–H groups in total. The smallest absolute Gasteiger partial charge is 0.166 e. The fourth-order valence-corrected chi connectivity index (χ4v) is 1.20. The number of thiocarbonyl (C=S) groups is 1. The minimum absolute atomic E-state index is 0.531. The minimum Gasteiger partial charge on any atom is -0.376 e. The van der Waals surface area contributed by atoms with E-state index in [1.807, 2.05) is 4.90 Å². The molecule has 0 saturated carbocycles. The van der Waals surface area contributed by atoms with Crippen molar-refractivity contribution >= 4 is 17.3 Å². The molecule has 11 heavy (non-hydrogen) atoms. The van der Waals surface area contributed by atoms with E-state index in [1.165, 1.54) is 19.3 Å². The Hall–Kier alpha value is -0.310. The third-order valence-corrected chi connectivity index (χ3v) is 1.98. The lowest BCUT2D eigenvalue weighted by Crippen LogP contribution is -2.35. The van der Waals surface area contributed by atoms with Crippen molar-refractivity contribution < 1.29 is 0 Å². The van der Waals surface area contributed by atoms with Gasteiger partial charge in [0.05, 0.1) is 0 Å². The molecule has 0 aromatic heterocycles. The summed E-state index contributed by atoms with van der Waals surface area (Å²) in [7, 11) is 0. The van der Waals surface area contributed by atoms with E-state index in [-0.39, 0.29) is 0 Å². The summed E-state index contributed by atoms with van der Waals surface area (Å²) < 4.78 is 0. The highest BCUT2D eigenvalue weighted by Crippen LogP contribution is 1.97. The summed E-state index contributed by atoms with van der Waals surface area (Å²) in [4.78, 5) is 2.03. The number of rotatable bonds is 5. The zero-order valence-electron chi connectivity index (χ0n) is 7.47. The van der Waals surface area contributed by atoms with Crippen molar-refractivity contribution in [3.63, 3.8) is 0 Å². The van der Waals surface area contributed by atoms with E-state index >= 15 is 0 Å². The van der Waals surface area contributed by atoms with Gasteiger partial charge in [-0.1, -0.05) is 19.8 Å². The summed E-state index contributed by atoms with van der Waals surface area (Å²) in [5, 5.41) is 0.531. The van der Waals surface area contributed by atoms with Crippen LogP contribution in [0.15, 0.2) is 0 Å². The molecule has 66 valence electrons. The van der Waals surface area contributed by atoms with Crippen LogP contribution in [0.5, 0.6) is 0 Å². The number of hydrogen-bond donors (Lipinski definition) is 1. The first kappa shape index (κ1) is 10.7. The van der Waals surface area contributed by atoms with Crippen LogP contribution in [0.4, 0.5) is 0 Å². The molecule has 0 rings (SSSR count). The maximum atomic E-state index is 5.49. The average Bonchev–Trinajstić information content (AvgIpc) is 1.97. The molecular weight excluding hydrogens is 156 g/mol. The SMILES string of the molecule is CCCCCN(CC)C(N)=S. The highest BCUT2D eigenvalue weighted by atomic mass is 32.1. The topological polar surface area (TPSA) is 29.3 Å². The number of unbranched alkanes of at least 4 members (excludes halogenated alkanes) is 2. The number of nitrogens with two attached hydrogens (primary N) is 1. The first-order valence-corrected chi connectivity index (χ1v) is 4.67. The Morgan fingerprint density at radius 1 is 1.36 bits per heavy atom. The molecule has 2 nitrogen and oxygen atoms in total. The molecular formula is C8H18N2S. The zero-order chi connectivity index (χ0) is 8.69. The summed E-state index contributed by atoms with van der Waals surface area (Å²) in [5.74, 6) is 0. The maximum Gasteiger partial charge on any atom is 0.166 e. The van der Waals surface area contributed by atoms with Crippen molar-refractivity contribution in [1.29, 1.82) is 0 Å². The van der Waals surface area contributed by atoms with Gasteiger partial charge in [-0.3, -0.25) is 0 Å². The predicted octanol–water partition coefficient (Wildman–Crippen LogP) is 1.74. The summed E-state index contributed by atoms with van der Waals surface area (Å²) in [6.07, 6.45) is 3.70. The molecule has 0 saturated heterocycles. The Morgan fingerprint density at radius 2 is 2.00 bits per heavy atom. The van der Waals surface area contributed by atoms with Crippen LogP contribution >= 0.6 is 12.2 Å². The second-order valence-corrected chi connectivity index (χ2v) is 3.04. The zero-order valence-corrected chi connectivity index (χ0v) is 8.28. The van der Waals surface area contributed by atoms with Crippen molar-refractivity contribution in [2.24, 2.45) is 5.73 Å². The van der Waals surface area contributed by atoms with Gasteiger partial charge in [0.15, 0.2) is 5.11 Å². The summed E-state index contributed by atoms with van der Waals surface area (Å²) in [6, 6.07) is 0. The van der Waals surface area contributed by atoms with Gasteiger partial charge < -0.3 is 10.6 Å². The van der Waals surface area contributed by atoms with Crippen molar-refractivity contribution in [2.75, 3.05) is 13.1 Å². The van der Waals surface area contributed by atoms with Gasteiger partial charge in [0.25, 0.3) is 0 Å². The lowest BCUT2D eigenvalue weighted by Gasteiger charge is -2.20. The fraction of sp³-hybridized carbons (Fsp3) is 0.875. The molecule has 0 spiro atoms. The Kier molecular flexibility index (Phi) is 6.22. The fourth-order valence-electron chi connectivity index (χ4n) is 0.977. The van der Waals surface area contributed by atoms with E-state index in [9.17, 15) is 0 Å². The van der Waals surface area contributed by atoms with Crippen molar-refractivity contribution in [2.45, 2.75) is 33.1 Å². The molecule has 0 aromatic carbocycles.